The minimum Gasteiger partial charge on any atom is -0.423 e. The minimum atomic E-state index is -1.62. The van der Waals surface area contributed by atoms with Crippen LogP contribution >= 0.6 is 0 Å². The van der Waals surface area contributed by atoms with E-state index in [1.165, 1.54) is 6.07 Å². The first-order valence-electron chi connectivity index (χ1n) is 6.11. The number of hydrogen-bond acceptors (Lipinski definition) is 4. The molecule has 1 aromatic carbocycles. The summed E-state index contributed by atoms with van der Waals surface area (Å²) in [5.41, 5.74) is 0.988. The Labute approximate surface area is 107 Å². The summed E-state index contributed by atoms with van der Waals surface area (Å²) in [5.74, 6) is -0.426. The van der Waals surface area contributed by atoms with E-state index < -0.39 is 12.9 Å². The Morgan fingerprint density at radius 3 is 2.44 bits per heavy atom. The van der Waals surface area contributed by atoms with Gasteiger partial charge in [0.2, 0.25) is 0 Å². The molecule has 0 radical (unpaired) electrons. The summed E-state index contributed by atoms with van der Waals surface area (Å²) in [5, 5.41) is 18.2. The van der Waals surface area contributed by atoms with Crippen LogP contribution in [0.5, 0.6) is 0 Å². The Morgan fingerprint density at radius 1 is 1.17 bits per heavy atom. The molecule has 2 rings (SSSR count). The predicted octanol–water partition coefficient (Wildman–Crippen LogP) is -0.747. The Balaban J connectivity index is 2.04. The van der Waals surface area contributed by atoms with Crippen LogP contribution in [0.25, 0.3) is 0 Å². The van der Waals surface area contributed by atoms with Crippen molar-refractivity contribution in [1.82, 2.24) is 9.80 Å². The second-order valence-corrected chi connectivity index (χ2v) is 4.85. The van der Waals surface area contributed by atoms with Crippen LogP contribution < -0.4 is 5.46 Å². The average molecular weight is 252 g/mol. The standard InChI is InChI=1S/C12H18BFN2O2/c1-15-2-4-16(5-3-15)9-10-6-11(13(17)18)8-12(14)7-10/h6-8,17-18H,2-5,9H2,1H3. The molecular weight excluding hydrogens is 234 g/mol. The molecule has 6 heteroatoms. The molecule has 18 heavy (non-hydrogen) atoms. The van der Waals surface area contributed by atoms with Crippen LogP contribution in [0.2, 0.25) is 0 Å². The van der Waals surface area contributed by atoms with Crippen LogP contribution in [0.4, 0.5) is 4.39 Å². The molecule has 4 nitrogen and oxygen atoms in total. The number of hydrogen-bond donors (Lipinski definition) is 2. The lowest BCUT2D eigenvalue weighted by Gasteiger charge is -2.32. The highest BCUT2D eigenvalue weighted by atomic mass is 19.1. The highest BCUT2D eigenvalue weighted by Gasteiger charge is 2.17. The highest BCUT2D eigenvalue weighted by Crippen LogP contribution is 2.08. The quantitative estimate of drug-likeness (QED) is 0.695. The van der Waals surface area contributed by atoms with Crippen molar-refractivity contribution in [3.8, 4) is 0 Å². The lowest BCUT2D eigenvalue weighted by Crippen LogP contribution is -2.44. The molecule has 0 aromatic heterocycles. The van der Waals surface area contributed by atoms with Crippen LogP contribution in [-0.2, 0) is 6.54 Å². The van der Waals surface area contributed by atoms with Gasteiger partial charge < -0.3 is 14.9 Å². The first-order valence-corrected chi connectivity index (χ1v) is 6.11. The number of rotatable bonds is 3. The SMILES string of the molecule is CN1CCN(Cc2cc(F)cc(B(O)O)c2)CC1. The molecule has 1 aromatic rings. The summed E-state index contributed by atoms with van der Waals surface area (Å²) in [6, 6.07) is 4.24. The third-order valence-corrected chi connectivity index (χ3v) is 3.28. The Hall–Kier alpha value is -0.945. The van der Waals surface area contributed by atoms with Gasteiger partial charge in [-0.15, -0.1) is 0 Å². The fourth-order valence-corrected chi connectivity index (χ4v) is 2.18. The molecule has 1 saturated heterocycles. The molecule has 1 fully saturated rings. The Morgan fingerprint density at radius 2 is 1.83 bits per heavy atom. The molecule has 0 saturated carbocycles. The van der Waals surface area contributed by atoms with E-state index in [9.17, 15) is 4.39 Å². The molecule has 0 amide bonds. The normalized spacial score (nSPS) is 18.0. The fraction of sp³-hybridized carbons (Fsp3) is 0.500. The van der Waals surface area contributed by atoms with Gasteiger partial charge in [0.1, 0.15) is 5.82 Å². The molecular formula is C12H18BFN2O2. The van der Waals surface area contributed by atoms with Crippen molar-refractivity contribution in [3.05, 3.63) is 29.6 Å². The van der Waals surface area contributed by atoms with Crippen molar-refractivity contribution in [3.63, 3.8) is 0 Å². The van der Waals surface area contributed by atoms with E-state index in [-0.39, 0.29) is 5.46 Å². The van der Waals surface area contributed by atoms with Crippen molar-refractivity contribution in [2.45, 2.75) is 6.54 Å². The van der Waals surface area contributed by atoms with E-state index in [0.717, 1.165) is 37.8 Å². The maximum absolute atomic E-state index is 13.4. The lowest BCUT2D eigenvalue weighted by molar-refractivity contribution is 0.148. The van der Waals surface area contributed by atoms with Gasteiger partial charge in [0.05, 0.1) is 0 Å². The first kappa shape index (κ1) is 13.5. The third-order valence-electron chi connectivity index (χ3n) is 3.28. The van der Waals surface area contributed by atoms with Crippen molar-refractivity contribution in [2.75, 3.05) is 33.2 Å². The monoisotopic (exact) mass is 252 g/mol. The van der Waals surface area contributed by atoms with E-state index in [1.54, 1.807) is 6.07 Å². The van der Waals surface area contributed by atoms with Crippen molar-refractivity contribution in [1.29, 1.82) is 0 Å². The Kier molecular flexibility index (Phi) is 4.34. The van der Waals surface area contributed by atoms with Crippen LogP contribution in [0, 0.1) is 5.82 Å². The second-order valence-electron chi connectivity index (χ2n) is 4.85. The van der Waals surface area contributed by atoms with Crippen molar-refractivity contribution < 1.29 is 14.4 Å². The number of piperazine rings is 1. The first-order chi connectivity index (χ1) is 8.54. The van der Waals surface area contributed by atoms with Gasteiger partial charge in [-0.05, 0) is 30.2 Å². The molecule has 0 atom stereocenters. The smallest absolute Gasteiger partial charge is 0.423 e. The molecule has 0 aliphatic carbocycles. The Bertz CT molecular complexity index is 409. The van der Waals surface area contributed by atoms with E-state index in [1.807, 2.05) is 0 Å². The second kappa shape index (κ2) is 5.80. The summed E-state index contributed by atoms with van der Waals surface area (Å²) in [4.78, 5) is 4.49. The van der Waals surface area contributed by atoms with Gasteiger partial charge in [0.25, 0.3) is 0 Å². The van der Waals surface area contributed by atoms with E-state index in [4.69, 9.17) is 10.0 Å². The maximum atomic E-state index is 13.4. The van der Waals surface area contributed by atoms with Gasteiger partial charge in [-0.3, -0.25) is 4.90 Å². The van der Waals surface area contributed by atoms with Gasteiger partial charge in [0, 0.05) is 32.7 Å². The lowest BCUT2D eigenvalue weighted by atomic mass is 9.79. The van der Waals surface area contributed by atoms with Crippen LogP contribution in [0.15, 0.2) is 18.2 Å². The van der Waals surface area contributed by atoms with E-state index in [2.05, 4.69) is 16.8 Å². The van der Waals surface area contributed by atoms with E-state index in [0.29, 0.717) is 6.54 Å². The largest absolute Gasteiger partial charge is 0.488 e. The van der Waals surface area contributed by atoms with Crippen molar-refractivity contribution in [2.24, 2.45) is 0 Å². The van der Waals surface area contributed by atoms with Gasteiger partial charge in [-0.1, -0.05) is 6.07 Å². The number of nitrogens with zero attached hydrogens (tertiary/aromatic N) is 2. The molecule has 98 valence electrons. The molecule has 0 unspecified atom stereocenters. The summed E-state index contributed by atoms with van der Waals surface area (Å²) in [6.45, 7) is 4.55. The fourth-order valence-electron chi connectivity index (χ4n) is 2.18. The van der Waals surface area contributed by atoms with Crippen LogP contribution in [-0.4, -0.2) is 60.2 Å². The minimum absolute atomic E-state index is 0.208. The van der Waals surface area contributed by atoms with Crippen LogP contribution in [0.1, 0.15) is 5.56 Å². The number of halogens is 1. The average Bonchev–Trinajstić information content (AvgIpc) is 2.31. The van der Waals surface area contributed by atoms with Gasteiger partial charge in [-0.2, -0.15) is 0 Å². The van der Waals surface area contributed by atoms with Gasteiger partial charge in [0.15, 0.2) is 0 Å². The summed E-state index contributed by atoms with van der Waals surface area (Å²) in [6.07, 6.45) is 0. The zero-order chi connectivity index (χ0) is 13.1. The summed E-state index contributed by atoms with van der Waals surface area (Å²) in [7, 11) is 0.465. The van der Waals surface area contributed by atoms with Gasteiger partial charge >= 0.3 is 7.12 Å². The predicted molar refractivity (Wildman–Crippen MR) is 69.0 cm³/mol. The number of likely N-dealkylation sites (N-methyl/N-ethyl adjacent to an activating group) is 1. The van der Waals surface area contributed by atoms with Crippen LogP contribution in [0.3, 0.4) is 0 Å². The van der Waals surface area contributed by atoms with Crippen molar-refractivity contribution >= 4 is 12.6 Å². The molecule has 1 heterocycles. The number of benzene rings is 1. The van der Waals surface area contributed by atoms with Gasteiger partial charge in [-0.25, -0.2) is 4.39 Å². The molecule has 2 N–H and O–H groups in total. The topological polar surface area (TPSA) is 46.9 Å². The zero-order valence-corrected chi connectivity index (χ0v) is 10.5. The third kappa shape index (κ3) is 3.52. The molecule has 0 bridgehead atoms. The molecule has 0 spiro atoms. The highest BCUT2D eigenvalue weighted by molar-refractivity contribution is 6.58. The molecule has 1 aliphatic rings. The summed E-state index contributed by atoms with van der Waals surface area (Å²) < 4.78 is 13.4. The van der Waals surface area contributed by atoms with E-state index >= 15 is 0 Å². The molecule has 1 aliphatic heterocycles. The maximum Gasteiger partial charge on any atom is 0.488 e. The zero-order valence-electron chi connectivity index (χ0n) is 10.5. The summed E-state index contributed by atoms with van der Waals surface area (Å²) >= 11 is 0.